The standard InChI is InChI=1S/C61H49NO/c1-4-49(42-29-33-48(34-30-42)63-47-19-9-6-10-20-47)50-21-11-12-23-52(50)57-37-43(28-27-40(57)2)44-31-35-53-51-22-13-14-25-56(51)61(41(3)58(53)38-44)45-32-36-55-54-24-15-16-26-59(54)62(60(55)39-45)46-17-7-5-8-18-46/h5-39,41,49,61H,4H2,1-3H3/t41?,49?,61-/m1/s1. The zero-order valence-electron chi connectivity index (χ0n) is 36.0. The summed E-state index contributed by atoms with van der Waals surface area (Å²) in [6, 6.07) is 77.8. The van der Waals surface area contributed by atoms with E-state index in [0.717, 1.165) is 17.9 Å². The molecule has 0 amide bonds. The molecule has 63 heavy (non-hydrogen) atoms. The van der Waals surface area contributed by atoms with Crippen LogP contribution in [0.3, 0.4) is 0 Å². The second-order valence-corrected chi connectivity index (χ2v) is 17.2. The molecular formula is C61H49NO. The smallest absolute Gasteiger partial charge is 0.127 e. The summed E-state index contributed by atoms with van der Waals surface area (Å²) in [5, 5.41) is 2.56. The monoisotopic (exact) mass is 811 g/mol. The van der Waals surface area contributed by atoms with Crippen molar-refractivity contribution in [3.8, 4) is 50.6 Å². The van der Waals surface area contributed by atoms with Gasteiger partial charge >= 0.3 is 0 Å². The van der Waals surface area contributed by atoms with Gasteiger partial charge in [-0.25, -0.2) is 0 Å². The summed E-state index contributed by atoms with van der Waals surface area (Å²) in [5.41, 5.74) is 19.4. The minimum Gasteiger partial charge on any atom is -0.457 e. The van der Waals surface area contributed by atoms with Crippen molar-refractivity contribution < 1.29 is 4.74 Å². The zero-order valence-corrected chi connectivity index (χ0v) is 36.0. The van der Waals surface area contributed by atoms with Gasteiger partial charge in [-0.15, -0.1) is 0 Å². The highest BCUT2D eigenvalue weighted by molar-refractivity contribution is 6.09. The molecule has 304 valence electrons. The first kappa shape index (κ1) is 38.5. The Morgan fingerprint density at radius 2 is 1.13 bits per heavy atom. The van der Waals surface area contributed by atoms with Crippen molar-refractivity contribution in [3.63, 3.8) is 0 Å². The Morgan fingerprint density at radius 1 is 0.492 bits per heavy atom. The lowest BCUT2D eigenvalue weighted by Crippen LogP contribution is -2.17. The summed E-state index contributed by atoms with van der Waals surface area (Å²) in [4.78, 5) is 0. The number of ether oxygens (including phenoxy) is 1. The fraction of sp³-hybridized carbons (Fsp3) is 0.115. The third-order valence-corrected chi connectivity index (χ3v) is 13.6. The molecule has 2 heteroatoms. The maximum atomic E-state index is 6.15. The summed E-state index contributed by atoms with van der Waals surface area (Å²) in [6.07, 6.45) is 0.988. The van der Waals surface area contributed by atoms with Crippen molar-refractivity contribution in [3.05, 3.63) is 246 Å². The van der Waals surface area contributed by atoms with Crippen LogP contribution in [-0.4, -0.2) is 4.57 Å². The van der Waals surface area contributed by atoms with E-state index in [1.165, 1.54) is 94.3 Å². The van der Waals surface area contributed by atoms with Gasteiger partial charge in [0.05, 0.1) is 11.0 Å². The third kappa shape index (κ3) is 6.84. The van der Waals surface area contributed by atoms with E-state index in [-0.39, 0.29) is 17.8 Å². The minimum atomic E-state index is 0.195. The summed E-state index contributed by atoms with van der Waals surface area (Å²) in [7, 11) is 0. The van der Waals surface area contributed by atoms with Crippen LogP contribution >= 0.6 is 0 Å². The van der Waals surface area contributed by atoms with Crippen LogP contribution < -0.4 is 4.74 Å². The Hall–Kier alpha value is -7.42. The highest BCUT2D eigenvalue weighted by Crippen LogP contribution is 2.51. The SMILES string of the molecule is CCC(c1ccc(Oc2ccccc2)cc1)c1ccccc1-c1cc(-c2ccc3c(c2)C(C)[C@H](c2ccc4c5ccccc5n(-c5ccccc5)c4c2)c2ccccc2-3)ccc1C. The summed E-state index contributed by atoms with van der Waals surface area (Å²) in [6.45, 7) is 6.97. The molecule has 2 unspecified atom stereocenters. The molecule has 1 heterocycles. The van der Waals surface area contributed by atoms with Gasteiger partial charge in [-0.3, -0.25) is 0 Å². The fourth-order valence-electron chi connectivity index (χ4n) is 10.5. The molecule has 0 saturated carbocycles. The predicted octanol–water partition coefficient (Wildman–Crippen LogP) is 16.7. The molecule has 0 aliphatic heterocycles. The molecule has 1 aliphatic rings. The van der Waals surface area contributed by atoms with E-state index in [1.807, 2.05) is 30.3 Å². The van der Waals surface area contributed by atoms with Gasteiger partial charge in [0.1, 0.15) is 11.5 Å². The zero-order chi connectivity index (χ0) is 42.4. The average Bonchev–Trinajstić information content (AvgIpc) is 3.67. The minimum absolute atomic E-state index is 0.195. The second-order valence-electron chi connectivity index (χ2n) is 17.2. The van der Waals surface area contributed by atoms with Crippen molar-refractivity contribution in [2.75, 3.05) is 0 Å². The molecule has 0 spiro atoms. The number of rotatable bonds is 9. The summed E-state index contributed by atoms with van der Waals surface area (Å²) < 4.78 is 8.59. The van der Waals surface area contributed by atoms with Gasteiger partial charge in [-0.1, -0.05) is 172 Å². The largest absolute Gasteiger partial charge is 0.457 e. The number of para-hydroxylation sites is 3. The second kappa shape index (κ2) is 16.1. The molecule has 0 bridgehead atoms. The number of hydrogen-bond donors (Lipinski definition) is 0. The van der Waals surface area contributed by atoms with E-state index >= 15 is 0 Å². The lowest BCUT2D eigenvalue weighted by Gasteiger charge is -2.34. The van der Waals surface area contributed by atoms with Gasteiger partial charge < -0.3 is 9.30 Å². The molecule has 2 nitrogen and oxygen atoms in total. The van der Waals surface area contributed by atoms with Gasteiger partial charge in [0.25, 0.3) is 0 Å². The molecule has 10 aromatic rings. The van der Waals surface area contributed by atoms with E-state index in [4.69, 9.17) is 4.74 Å². The number of benzene rings is 9. The predicted molar refractivity (Wildman–Crippen MR) is 264 cm³/mol. The normalized spacial score (nSPS) is 14.9. The van der Waals surface area contributed by atoms with Gasteiger partial charge in [0.2, 0.25) is 0 Å². The first-order valence-corrected chi connectivity index (χ1v) is 22.4. The highest BCUT2D eigenvalue weighted by Gasteiger charge is 2.33. The first-order valence-electron chi connectivity index (χ1n) is 22.4. The third-order valence-electron chi connectivity index (χ3n) is 13.6. The molecule has 1 aromatic heterocycles. The van der Waals surface area contributed by atoms with Crippen LogP contribution in [0.1, 0.15) is 71.4 Å². The van der Waals surface area contributed by atoms with Crippen LogP contribution in [0, 0.1) is 6.92 Å². The molecular weight excluding hydrogens is 763 g/mol. The van der Waals surface area contributed by atoms with Crippen LogP contribution in [-0.2, 0) is 0 Å². The Bertz CT molecular complexity index is 3270. The van der Waals surface area contributed by atoms with E-state index in [9.17, 15) is 0 Å². The lowest BCUT2D eigenvalue weighted by atomic mass is 9.69. The van der Waals surface area contributed by atoms with E-state index in [0.29, 0.717) is 0 Å². The Labute approximate surface area is 370 Å². The van der Waals surface area contributed by atoms with Crippen LogP contribution in [0.4, 0.5) is 0 Å². The molecule has 0 radical (unpaired) electrons. The molecule has 1 aliphatic carbocycles. The Balaban J connectivity index is 0.966. The van der Waals surface area contributed by atoms with Crippen molar-refractivity contribution in [2.24, 2.45) is 0 Å². The van der Waals surface area contributed by atoms with E-state index in [2.05, 4.69) is 207 Å². The van der Waals surface area contributed by atoms with Gasteiger partial charge in [-0.2, -0.15) is 0 Å². The van der Waals surface area contributed by atoms with Crippen molar-refractivity contribution in [1.29, 1.82) is 0 Å². The maximum Gasteiger partial charge on any atom is 0.127 e. The van der Waals surface area contributed by atoms with E-state index in [1.54, 1.807) is 0 Å². The van der Waals surface area contributed by atoms with Gasteiger partial charge in [-0.05, 0) is 141 Å². The topological polar surface area (TPSA) is 14.2 Å². The Morgan fingerprint density at radius 3 is 1.94 bits per heavy atom. The van der Waals surface area contributed by atoms with Crippen molar-refractivity contribution in [1.82, 2.24) is 4.57 Å². The summed E-state index contributed by atoms with van der Waals surface area (Å²) >= 11 is 0. The fourth-order valence-corrected chi connectivity index (χ4v) is 10.5. The van der Waals surface area contributed by atoms with Crippen LogP contribution in [0.2, 0.25) is 0 Å². The maximum absolute atomic E-state index is 6.15. The number of fused-ring (bicyclic) bond motifs is 6. The average molecular weight is 812 g/mol. The van der Waals surface area contributed by atoms with Gasteiger partial charge in [0, 0.05) is 28.3 Å². The van der Waals surface area contributed by atoms with Crippen molar-refractivity contribution in [2.45, 2.75) is 44.9 Å². The molecule has 0 N–H and O–H groups in total. The Kier molecular flexibility index (Phi) is 9.85. The van der Waals surface area contributed by atoms with Crippen LogP contribution in [0.5, 0.6) is 11.5 Å². The molecule has 0 saturated heterocycles. The van der Waals surface area contributed by atoms with Crippen molar-refractivity contribution >= 4 is 21.8 Å². The molecule has 11 rings (SSSR count). The summed E-state index contributed by atoms with van der Waals surface area (Å²) in [5.74, 6) is 2.38. The van der Waals surface area contributed by atoms with Gasteiger partial charge in [0.15, 0.2) is 0 Å². The molecule has 9 aromatic carbocycles. The number of aryl methyl sites for hydroxylation is 1. The first-order chi connectivity index (χ1) is 31.0. The number of hydrogen-bond acceptors (Lipinski definition) is 1. The quantitative estimate of drug-likeness (QED) is 0.142. The lowest BCUT2D eigenvalue weighted by molar-refractivity contribution is 0.482. The van der Waals surface area contributed by atoms with Crippen LogP contribution in [0.25, 0.3) is 60.9 Å². The number of nitrogens with zero attached hydrogens (tertiary/aromatic N) is 1. The van der Waals surface area contributed by atoms with Crippen LogP contribution in [0.15, 0.2) is 212 Å². The highest BCUT2D eigenvalue weighted by atomic mass is 16.5. The molecule has 3 atom stereocenters. The molecule has 0 fully saturated rings. The van der Waals surface area contributed by atoms with E-state index < -0.39 is 0 Å². The number of aromatic nitrogens is 1.